The normalized spacial score (nSPS) is 16.4. The number of hydrogen-bond acceptors (Lipinski definition) is 3. The maximum Gasteiger partial charge on any atom is 0.233 e. The third-order valence-electron chi connectivity index (χ3n) is 4.97. The lowest BCUT2D eigenvalue weighted by molar-refractivity contribution is -0.118. The predicted octanol–water partition coefficient (Wildman–Crippen LogP) is 5.03. The SMILES string of the molecule is Cc1ccc(-c2nc(CC(=O)N3c4ccccc4CC[C@@H]3C)cs2)cc1. The summed E-state index contributed by atoms with van der Waals surface area (Å²) in [6.45, 7) is 4.21. The molecule has 1 aliphatic heterocycles. The molecule has 4 heteroatoms. The Kier molecular flexibility index (Phi) is 4.60. The first-order chi connectivity index (χ1) is 12.6. The third kappa shape index (κ3) is 3.29. The van der Waals surface area contributed by atoms with Crippen molar-refractivity contribution in [3.63, 3.8) is 0 Å². The third-order valence-corrected chi connectivity index (χ3v) is 5.91. The van der Waals surface area contributed by atoms with Crippen molar-refractivity contribution in [2.45, 2.75) is 39.2 Å². The van der Waals surface area contributed by atoms with Crippen molar-refractivity contribution < 1.29 is 4.79 Å². The highest BCUT2D eigenvalue weighted by atomic mass is 32.1. The molecule has 2 aromatic carbocycles. The van der Waals surface area contributed by atoms with Gasteiger partial charge in [0.05, 0.1) is 12.1 Å². The van der Waals surface area contributed by atoms with Crippen LogP contribution < -0.4 is 4.90 Å². The lowest BCUT2D eigenvalue weighted by Crippen LogP contribution is -2.43. The van der Waals surface area contributed by atoms with Crippen LogP contribution in [0.15, 0.2) is 53.9 Å². The topological polar surface area (TPSA) is 33.2 Å². The van der Waals surface area contributed by atoms with Crippen molar-refractivity contribution in [1.82, 2.24) is 4.98 Å². The number of aromatic nitrogens is 1. The molecule has 0 saturated carbocycles. The summed E-state index contributed by atoms with van der Waals surface area (Å²) in [5.74, 6) is 0.130. The van der Waals surface area contributed by atoms with E-state index in [0.717, 1.165) is 34.8 Å². The van der Waals surface area contributed by atoms with Crippen LogP contribution in [0.5, 0.6) is 0 Å². The molecule has 26 heavy (non-hydrogen) atoms. The first-order valence-corrected chi connectivity index (χ1v) is 9.91. The fraction of sp³-hybridized carbons (Fsp3) is 0.273. The van der Waals surface area contributed by atoms with Crippen LogP contribution in [0.3, 0.4) is 0 Å². The zero-order chi connectivity index (χ0) is 18.1. The van der Waals surface area contributed by atoms with E-state index in [-0.39, 0.29) is 11.9 Å². The molecule has 0 radical (unpaired) electrons. The monoisotopic (exact) mass is 362 g/mol. The van der Waals surface area contributed by atoms with Crippen molar-refractivity contribution in [3.8, 4) is 10.6 Å². The molecule has 0 N–H and O–H groups in total. The largest absolute Gasteiger partial charge is 0.309 e. The predicted molar refractivity (Wildman–Crippen MR) is 108 cm³/mol. The van der Waals surface area contributed by atoms with Gasteiger partial charge in [0, 0.05) is 22.7 Å². The number of hydrogen-bond donors (Lipinski definition) is 0. The van der Waals surface area contributed by atoms with E-state index in [9.17, 15) is 4.79 Å². The summed E-state index contributed by atoms with van der Waals surface area (Å²) in [6, 6.07) is 16.8. The number of carbonyl (C=O) groups is 1. The van der Waals surface area contributed by atoms with Crippen LogP contribution >= 0.6 is 11.3 Å². The molecule has 0 fully saturated rings. The lowest BCUT2D eigenvalue weighted by atomic mass is 9.96. The number of thiazole rings is 1. The van der Waals surface area contributed by atoms with Gasteiger partial charge in [0.15, 0.2) is 0 Å². The Balaban J connectivity index is 1.55. The Labute approximate surface area is 158 Å². The van der Waals surface area contributed by atoms with E-state index in [0.29, 0.717) is 6.42 Å². The first-order valence-electron chi connectivity index (χ1n) is 9.03. The molecular weight excluding hydrogens is 340 g/mol. The molecule has 3 aromatic rings. The van der Waals surface area contributed by atoms with Gasteiger partial charge in [-0.2, -0.15) is 0 Å². The summed E-state index contributed by atoms with van der Waals surface area (Å²) in [7, 11) is 0. The molecule has 0 spiro atoms. The lowest BCUT2D eigenvalue weighted by Gasteiger charge is -2.35. The van der Waals surface area contributed by atoms with E-state index in [4.69, 9.17) is 4.98 Å². The molecule has 1 aliphatic rings. The van der Waals surface area contributed by atoms with Gasteiger partial charge in [0.1, 0.15) is 5.01 Å². The Morgan fingerprint density at radius 2 is 1.96 bits per heavy atom. The van der Waals surface area contributed by atoms with E-state index in [2.05, 4.69) is 50.2 Å². The summed E-state index contributed by atoms with van der Waals surface area (Å²) in [5.41, 5.74) is 5.52. The van der Waals surface area contributed by atoms with Crippen LogP contribution in [-0.2, 0) is 17.6 Å². The van der Waals surface area contributed by atoms with Crippen LogP contribution in [0, 0.1) is 6.92 Å². The zero-order valence-corrected chi connectivity index (χ0v) is 15.9. The fourth-order valence-corrected chi connectivity index (χ4v) is 4.35. The second kappa shape index (κ2) is 7.04. The standard InChI is InChI=1S/C22H22N2OS/c1-15-7-10-18(11-8-15)22-23-19(14-26-22)13-21(25)24-16(2)9-12-17-5-3-4-6-20(17)24/h3-8,10-11,14,16H,9,12-13H2,1-2H3/t16-/m0/s1. The average Bonchev–Trinajstić information content (AvgIpc) is 3.10. The van der Waals surface area contributed by atoms with E-state index < -0.39 is 0 Å². The van der Waals surface area contributed by atoms with Gasteiger partial charge in [0.2, 0.25) is 5.91 Å². The van der Waals surface area contributed by atoms with Crippen LogP contribution in [-0.4, -0.2) is 16.9 Å². The summed E-state index contributed by atoms with van der Waals surface area (Å²) < 4.78 is 0. The molecule has 2 heterocycles. The van der Waals surface area contributed by atoms with Crippen LogP contribution in [0.25, 0.3) is 10.6 Å². The van der Waals surface area contributed by atoms with Crippen molar-refractivity contribution in [2.24, 2.45) is 0 Å². The number of amides is 1. The summed E-state index contributed by atoms with van der Waals surface area (Å²) in [6.07, 6.45) is 2.39. The van der Waals surface area contributed by atoms with Crippen LogP contribution in [0.2, 0.25) is 0 Å². The molecule has 1 aromatic heterocycles. The average molecular weight is 362 g/mol. The minimum Gasteiger partial charge on any atom is -0.309 e. The molecule has 132 valence electrons. The highest BCUT2D eigenvalue weighted by molar-refractivity contribution is 7.13. The fourth-order valence-electron chi connectivity index (χ4n) is 3.53. The molecular formula is C22H22N2OS. The Hall–Kier alpha value is -2.46. The van der Waals surface area contributed by atoms with E-state index in [1.54, 1.807) is 11.3 Å². The second-order valence-corrected chi connectivity index (χ2v) is 7.83. The van der Waals surface area contributed by atoms with Crippen molar-refractivity contribution in [3.05, 3.63) is 70.7 Å². The van der Waals surface area contributed by atoms with Gasteiger partial charge in [-0.05, 0) is 38.3 Å². The van der Waals surface area contributed by atoms with Gasteiger partial charge in [-0.15, -0.1) is 11.3 Å². The highest BCUT2D eigenvalue weighted by Gasteiger charge is 2.28. The first kappa shape index (κ1) is 17.0. The zero-order valence-electron chi connectivity index (χ0n) is 15.1. The van der Waals surface area contributed by atoms with Gasteiger partial charge in [-0.25, -0.2) is 4.98 Å². The second-order valence-electron chi connectivity index (χ2n) is 6.97. The van der Waals surface area contributed by atoms with Gasteiger partial charge in [-0.1, -0.05) is 48.0 Å². The summed E-state index contributed by atoms with van der Waals surface area (Å²) >= 11 is 1.60. The van der Waals surface area contributed by atoms with Gasteiger partial charge < -0.3 is 4.90 Å². The van der Waals surface area contributed by atoms with E-state index in [1.807, 2.05) is 22.4 Å². The van der Waals surface area contributed by atoms with Gasteiger partial charge in [0.25, 0.3) is 0 Å². The number of para-hydroxylation sites is 1. The molecule has 0 bridgehead atoms. The number of anilines is 1. The number of fused-ring (bicyclic) bond motifs is 1. The van der Waals surface area contributed by atoms with Gasteiger partial charge in [-0.3, -0.25) is 4.79 Å². The smallest absolute Gasteiger partial charge is 0.233 e. The minimum atomic E-state index is 0.130. The van der Waals surface area contributed by atoms with Gasteiger partial charge >= 0.3 is 0 Å². The van der Waals surface area contributed by atoms with E-state index >= 15 is 0 Å². The van der Waals surface area contributed by atoms with Crippen LogP contribution in [0.1, 0.15) is 30.2 Å². The number of carbonyl (C=O) groups excluding carboxylic acids is 1. The molecule has 1 atom stereocenters. The Morgan fingerprint density at radius 3 is 2.77 bits per heavy atom. The number of nitrogens with zero attached hydrogens (tertiary/aromatic N) is 2. The van der Waals surface area contributed by atoms with Crippen molar-refractivity contribution in [1.29, 1.82) is 0 Å². The molecule has 0 aliphatic carbocycles. The highest BCUT2D eigenvalue weighted by Crippen LogP contribution is 2.31. The minimum absolute atomic E-state index is 0.130. The van der Waals surface area contributed by atoms with E-state index in [1.165, 1.54) is 11.1 Å². The molecule has 0 unspecified atom stereocenters. The Bertz CT molecular complexity index is 929. The number of aryl methyl sites for hydroxylation is 2. The van der Waals surface area contributed by atoms with Crippen LogP contribution in [0.4, 0.5) is 5.69 Å². The molecule has 0 saturated heterocycles. The molecule has 4 rings (SSSR count). The molecule has 1 amide bonds. The Morgan fingerprint density at radius 1 is 1.19 bits per heavy atom. The maximum absolute atomic E-state index is 13.0. The molecule has 3 nitrogen and oxygen atoms in total. The van der Waals surface area contributed by atoms with Crippen molar-refractivity contribution >= 4 is 22.9 Å². The van der Waals surface area contributed by atoms with Crippen molar-refractivity contribution in [2.75, 3.05) is 4.90 Å². The summed E-state index contributed by atoms with van der Waals surface area (Å²) in [4.78, 5) is 19.7. The maximum atomic E-state index is 13.0. The quantitative estimate of drug-likeness (QED) is 0.655. The summed E-state index contributed by atoms with van der Waals surface area (Å²) in [5, 5.41) is 2.98. The number of benzene rings is 2. The number of rotatable bonds is 3.